The van der Waals surface area contributed by atoms with Crippen molar-refractivity contribution in [2.75, 3.05) is 13.1 Å². The molecule has 1 amide bonds. The lowest BCUT2D eigenvalue weighted by molar-refractivity contribution is -0.118. The van der Waals surface area contributed by atoms with E-state index in [1.807, 2.05) is 6.92 Å². The van der Waals surface area contributed by atoms with Gasteiger partial charge in [0.15, 0.2) is 0 Å². The lowest BCUT2D eigenvalue weighted by Gasteiger charge is -2.21. The van der Waals surface area contributed by atoms with Gasteiger partial charge >= 0.3 is 0 Å². The lowest BCUT2D eigenvalue weighted by Crippen LogP contribution is -2.37. The van der Waals surface area contributed by atoms with E-state index in [9.17, 15) is 9.90 Å². The van der Waals surface area contributed by atoms with Crippen LogP contribution in [0.5, 0.6) is 0 Å². The van der Waals surface area contributed by atoms with Crippen molar-refractivity contribution in [3.63, 3.8) is 0 Å². The normalized spacial score (nSPS) is 15.3. The second-order valence-corrected chi connectivity index (χ2v) is 3.60. The van der Waals surface area contributed by atoms with Gasteiger partial charge in [0.25, 0.3) is 0 Å². The molecule has 0 saturated carbocycles. The van der Waals surface area contributed by atoms with Crippen LogP contribution in [0.1, 0.15) is 33.1 Å². The van der Waals surface area contributed by atoms with E-state index < -0.39 is 5.60 Å². The molecule has 0 fully saturated rings. The summed E-state index contributed by atoms with van der Waals surface area (Å²) in [5.74, 6) is -0.274. The monoisotopic (exact) mass is 188 g/mol. The third-order valence-corrected chi connectivity index (χ3v) is 2.04. The molecular weight excluding hydrogens is 168 g/mol. The SMILES string of the molecule is CCC(C)(O)CNCCCC(N)=O. The first-order valence-electron chi connectivity index (χ1n) is 4.69. The van der Waals surface area contributed by atoms with Crippen LogP contribution in [0.4, 0.5) is 0 Å². The van der Waals surface area contributed by atoms with Gasteiger partial charge in [0.1, 0.15) is 0 Å². The zero-order valence-electron chi connectivity index (χ0n) is 8.47. The highest BCUT2D eigenvalue weighted by Crippen LogP contribution is 2.05. The number of rotatable bonds is 7. The minimum atomic E-state index is -0.646. The average Bonchev–Trinajstić information content (AvgIpc) is 2.03. The van der Waals surface area contributed by atoms with E-state index in [-0.39, 0.29) is 5.91 Å². The molecule has 4 nitrogen and oxygen atoms in total. The van der Waals surface area contributed by atoms with Crippen molar-refractivity contribution in [1.82, 2.24) is 5.32 Å². The Hall–Kier alpha value is -0.610. The van der Waals surface area contributed by atoms with Gasteiger partial charge in [-0.1, -0.05) is 6.92 Å². The number of carbonyl (C=O) groups excluding carboxylic acids is 1. The molecule has 0 radical (unpaired) electrons. The van der Waals surface area contributed by atoms with Crippen molar-refractivity contribution in [3.05, 3.63) is 0 Å². The second-order valence-electron chi connectivity index (χ2n) is 3.60. The number of aliphatic hydroxyl groups is 1. The number of hydrogen-bond acceptors (Lipinski definition) is 3. The summed E-state index contributed by atoms with van der Waals surface area (Å²) in [7, 11) is 0. The number of nitrogens with two attached hydrogens (primary N) is 1. The van der Waals surface area contributed by atoms with Crippen molar-refractivity contribution in [1.29, 1.82) is 0 Å². The van der Waals surface area contributed by atoms with Crippen LogP contribution < -0.4 is 11.1 Å². The average molecular weight is 188 g/mol. The maximum Gasteiger partial charge on any atom is 0.217 e. The molecule has 0 bridgehead atoms. The molecule has 4 heteroatoms. The van der Waals surface area contributed by atoms with E-state index in [1.165, 1.54) is 0 Å². The van der Waals surface area contributed by atoms with E-state index in [1.54, 1.807) is 6.92 Å². The topological polar surface area (TPSA) is 75.3 Å². The number of amides is 1. The Balaban J connectivity index is 3.30. The highest BCUT2D eigenvalue weighted by atomic mass is 16.3. The van der Waals surface area contributed by atoms with Crippen LogP contribution in [0.3, 0.4) is 0 Å². The Kier molecular flexibility index (Phi) is 5.66. The van der Waals surface area contributed by atoms with Gasteiger partial charge in [-0.25, -0.2) is 0 Å². The van der Waals surface area contributed by atoms with Crippen LogP contribution >= 0.6 is 0 Å². The van der Waals surface area contributed by atoms with Crippen molar-refractivity contribution in [2.24, 2.45) is 5.73 Å². The van der Waals surface area contributed by atoms with Crippen LogP contribution in [0.15, 0.2) is 0 Å². The van der Waals surface area contributed by atoms with Crippen LogP contribution in [-0.2, 0) is 4.79 Å². The summed E-state index contributed by atoms with van der Waals surface area (Å²) in [5.41, 5.74) is 4.32. The molecule has 0 aromatic rings. The van der Waals surface area contributed by atoms with E-state index in [0.29, 0.717) is 13.0 Å². The number of primary amides is 1. The van der Waals surface area contributed by atoms with Crippen molar-refractivity contribution >= 4 is 5.91 Å². The molecule has 4 N–H and O–H groups in total. The molecule has 0 aliphatic rings. The quantitative estimate of drug-likeness (QED) is 0.492. The number of nitrogens with one attached hydrogen (secondary N) is 1. The third-order valence-electron chi connectivity index (χ3n) is 2.04. The van der Waals surface area contributed by atoms with Crippen LogP contribution in [0, 0.1) is 0 Å². The zero-order chi connectivity index (χ0) is 10.3. The molecule has 0 aliphatic carbocycles. The van der Waals surface area contributed by atoms with Crippen LogP contribution in [0.2, 0.25) is 0 Å². The first-order valence-corrected chi connectivity index (χ1v) is 4.69. The summed E-state index contributed by atoms with van der Waals surface area (Å²) in [6, 6.07) is 0. The van der Waals surface area contributed by atoms with Gasteiger partial charge in [-0.15, -0.1) is 0 Å². The zero-order valence-corrected chi connectivity index (χ0v) is 8.47. The summed E-state index contributed by atoms with van der Waals surface area (Å²) in [6.45, 7) is 5.00. The fourth-order valence-electron chi connectivity index (χ4n) is 0.870. The molecular formula is C9H20N2O2. The molecule has 0 spiro atoms. The van der Waals surface area contributed by atoms with E-state index in [2.05, 4.69) is 5.32 Å². The summed E-state index contributed by atoms with van der Waals surface area (Å²) in [4.78, 5) is 10.4. The Morgan fingerprint density at radius 2 is 2.23 bits per heavy atom. The van der Waals surface area contributed by atoms with Crippen molar-refractivity contribution < 1.29 is 9.90 Å². The number of hydrogen-bond donors (Lipinski definition) is 3. The largest absolute Gasteiger partial charge is 0.389 e. The maximum atomic E-state index is 10.4. The predicted molar refractivity (Wildman–Crippen MR) is 52.2 cm³/mol. The van der Waals surface area contributed by atoms with E-state index in [0.717, 1.165) is 19.4 Å². The molecule has 0 heterocycles. The van der Waals surface area contributed by atoms with Gasteiger partial charge in [-0.2, -0.15) is 0 Å². The molecule has 1 atom stereocenters. The minimum Gasteiger partial charge on any atom is -0.389 e. The van der Waals surface area contributed by atoms with Gasteiger partial charge in [0, 0.05) is 13.0 Å². The highest BCUT2D eigenvalue weighted by molar-refractivity contribution is 5.73. The van der Waals surface area contributed by atoms with Crippen LogP contribution in [0.25, 0.3) is 0 Å². The second kappa shape index (κ2) is 5.94. The molecule has 0 saturated heterocycles. The van der Waals surface area contributed by atoms with Gasteiger partial charge in [0.05, 0.1) is 5.60 Å². The smallest absolute Gasteiger partial charge is 0.217 e. The third kappa shape index (κ3) is 7.74. The fraction of sp³-hybridized carbons (Fsp3) is 0.889. The molecule has 0 rings (SSSR count). The molecule has 0 aromatic heterocycles. The predicted octanol–water partition coefficient (Wildman–Crippen LogP) is 0.00250. The van der Waals surface area contributed by atoms with E-state index in [4.69, 9.17) is 5.73 Å². The Morgan fingerprint density at radius 1 is 1.62 bits per heavy atom. The highest BCUT2D eigenvalue weighted by Gasteiger charge is 2.15. The Bertz CT molecular complexity index is 158. The van der Waals surface area contributed by atoms with Crippen molar-refractivity contribution in [2.45, 2.75) is 38.7 Å². The lowest BCUT2D eigenvalue weighted by atomic mass is 10.0. The van der Waals surface area contributed by atoms with Gasteiger partial charge in [-0.3, -0.25) is 4.79 Å². The maximum absolute atomic E-state index is 10.4. The first-order chi connectivity index (χ1) is 5.98. The Morgan fingerprint density at radius 3 is 2.69 bits per heavy atom. The van der Waals surface area contributed by atoms with Gasteiger partial charge < -0.3 is 16.2 Å². The molecule has 1 unspecified atom stereocenters. The van der Waals surface area contributed by atoms with E-state index >= 15 is 0 Å². The summed E-state index contributed by atoms with van der Waals surface area (Å²) in [6.07, 6.45) is 1.85. The summed E-state index contributed by atoms with van der Waals surface area (Å²) < 4.78 is 0. The standard InChI is InChI=1S/C9H20N2O2/c1-3-9(2,13)7-11-6-4-5-8(10)12/h11,13H,3-7H2,1-2H3,(H2,10,12). The van der Waals surface area contributed by atoms with Gasteiger partial charge in [0.2, 0.25) is 5.91 Å². The van der Waals surface area contributed by atoms with Crippen molar-refractivity contribution in [3.8, 4) is 0 Å². The molecule has 13 heavy (non-hydrogen) atoms. The first kappa shape index (κ1) is 12.4. The Labute approximate surface area is 79.5 Å². The molecule has 78 valence electrons. The molecule has 0 aromatic carbocycles. The fourth-order valence-corrected chi connectivity index (χ4v) is 0.870. The summed E-state index contributed by atoms with van der Waals surface area (Å²) in [5, 5.41) is 12.7. The minimum absolute atomic E-state index is 0.274. The van der Waals surface area contributed by atoms with Crippen LogP contribution in [-0.4, -0.2) is 29.7 Å². The summed E-state index contributed by atoms with van der Waals surface area (Å²) >= 11 is 0. The van der Waals surface area contributed by atoms with Gasteiger partial charge in [-0.05, 0) is 26.3 Å². The number of carbonyl (C=O) groups is 1. The molecule has 0 aliphatic heterocycles.